The molecular formula is C14H21ClFN. The highest BCUT2D eigenvalue weighted by Crippen LogP contribution is 2.23. The predicted molar refractivity (Wildman–Crippen MR) is 73.2 cm³/mol. The van der Waals surface area contributed by atoms with Gasteiger partial charge in [-0.3, -0.25) is 0 Å². The Bertz CT molecular complexity index is 341. The van der Waals surface area contributed by atoms with Crippen molar-refractivity contribution in [1.29, 1.82) is 0 Å². The molecule has 0 bridgehead atoms. The van der Waals surface area contributed by atoms with Gasteiger partial charge < -0.3 is 5.32 Å². The third-order valence-corrected chi connectivity index (χ3v) is 3.37. The number of benzene rings is 1. The van der Waals surface area contributed by atoms with Gasteiger partial charge in [-0.1, -0.05) is 44.7 Å². The van der Waals surface area contributed by atoms with Gasteiger partial charge in [0.2, 0.25) is 0 Å². The molecule has 1 aromatic rings. The van der Waals surface area contributed by atoms with Gasteiger partial charge in [0, 0.05) is 6.54 Å². The van der Waals surface area contributed by atoms with Crippen LogP contribution in [0.3, 0.4) is 0 Å². The molecule has 1 unspecified atom stereocenters. The van der Waals surface area contributed by atoms with Crippen molar-refractivity contribution in [3.63, 3.8) is 0 Å². The fraction of sp³-hybridized carbons (Fsp3) is 0.571. The quantitative estimate of drug-likeness (QED) is 0.716. The van der Waals surface area contributed by atoms with Crippen LogP contribution < -0.4 is 5.32 Å². The topological polar surface area (TPSA) is 12.0 Å². The van der Waals surface area contributed by atoms with Gasteiger partial charge in [0.15, 0.2) is 0 Å². The zero-order valence-electron chi connectivity index (χ0n) is 10.6. The van der Waals surface area contributed by atoms with Crippen LogP contribution in [-0.2, 0) is 0 Å². The number of hydrogen-bond donors (Lipinski definition) is 1. The molecule has 1 nitrogen and oxygen atoms in total. The molecule has 0 aliphatic heterocycles. The second kappa shape index (κ2) is 7.54. The minimum atomic E-state index is -0.293. The number of hydrogen-bond acceptors (Lipinski definition) is 1. The van der Waals surface area contributed by atoms with Crippen molar-refractivity contribution in [2.75, 3.05) is 11.9 Å². The molecular weight excluding hydrogens is 237 g/mol. The molecule has 0 aliphatic rings. The van der Waals surface area contributed by atoms with E-state index in [4.69, 9.17) is 11.6 Å². The summed E-state index contributed by atoms with van der Waals surface area (Å²) in [6, 6.07) is 4.47. The molecule has 17 heavy (non-hydrogen) atoms. The number of unbranched alkanes of at least 4 members (excludes halogenated alkanes) is 1. The lowest BCUT2D eigenvalue weighted by atomic mass is 9.99. The maximum absolute atomic E-state index is 12.9. The van der Waals surface area contributed by atoms with Crippen LogP contribution in [0.15, 0.2) is 18.2 Å². The maximum Gasteiger partial charge on any atom is 0.124 e. The van der Waals surface area contributed by atoms with E-state index in [0.717, 1.165) is 18.7 Å². The van der Waals surface area contributed by atoms with Crippen molar-refractivity contribution in [1.82, 2.24) is 0 Å². The summed E-state index contributed by atoms with van der Waals surface area (Å²) in [5.41, 5.74) is 0.822. The summed E-state index contributed by atoms with van der Waals surface area (Å²) in [6.45, 7) is 5.31. The van der Waals surface area contributed by atoms with Gasteiger partial charge in [-0.25, -0.2) is 4.39 Å². The molecule has 1 N–H and O–H groups in total. The zero-order chi connectivity index (χ0) is 12.7. The van der Waals surface area contributed by atoms with E-state index in [1.54, 1.807) is 6.07 Å². The van der Waals surface area contributed by atoms with Crippen molar-refractivity contribution < 1.29 is 4.39 Å². The van der Waals surface area contributed by atoms with Crippen molar-refractivity contribution in [3.8, 4) is 0 Å². The average Bonchev–Trinajstić information content (AvgIpc) is 2.31. The van der Waals surface area contributed by atoms with Crippen LogP contribution in [0.4, 0.5) is 10.1 Å². The molecule has 0 heterocycles. The molecule has 1 atom stereocenters. The second-order valence-corrected chi connectivity index (χ2v) is 4.83. The number of rotatable bonds is 7. The highest BCUT2D eigenvalue weighted by Gasteiger charge is 2.07. The Morgan fingerprint density at radius 2 is 2.12 bits per heavy atom. The van der Waals surface area contributed by atoms with Crippen molar-refractivity contribution in [3.05, 3.63) is 29.0 Å². The summed E-state index contributed by atoms with van der Waals surface area (Å²) in [5.74, 6) is 0.370. The van der Waals surface area contributed by atoms with E-state index in [-0.39, 0.29) is 5.82 Å². The van der Waals surface area contributed by atoms with Gasteiger partial charge in [0.25, 0.3) is 0 Å². The van der Waals surface area contributed by atoms with E-state index in [2.05, 4.69) is 19.2 Å². The molecule has 0 aliphatic carbocycles. The Morgan fingerprint density at radius 1 is 1.35 bits per heavy atom. The van der Waals surface area contributed by atoms with Gasteiger partial charge in [-0.15, -0.1) is 0 Å². The van der Waals surface area contributed by atoms with E-state index >= 15 is 0 Å². The van der Waals surface area contributed by atoms with Crippen molar-refractivity contribution in [2.24, 2.45) is 5.92 Å². The molecule has 1 rings (SSSR count). The third kappa shape index (κ3) is 4.95. The van der Waals surface area contributed by atoms with Crippen molar-refractivity contribution in [2.45, 2.75) is 39.5 Å². The Morgan fingerprint density at radius 3 is 2.71 bits per heavy atom. The maximum atomic E-state index is 12.9. The molecule has 3 heteroatoms. The van der Waals surface area contributed by atoms with E-state index in [1.807, 2.05) is 0 Å². The SMILES string of the molecule is CCCCC(CC)CNc1ccc(F)cc1Cl. The highest BCUT2D eigenvalue weighted by atomic mass is 35.5. The number of anilines is 1. The summed E-state index contributed by atoms with van der Waals surface area (Å²) in [5, 5.41) is 3.76. The molecule has 0 saturated carbocycles. The van der Waals surface area contributed by atoms with E-state index in [1.165, 1.54) is 31.4 Å². The minimum absolute atomic E-state index is 0.293. The fourth-order valence-corrected chi connectivity index (χ4v) is 2.06. The first-order chi connectivity index (χ1) is 8.17. The van der Waals surface area contributed by atoms with Gasteiger partial charge in [0.05, 0.1) is 10.7 Å². The summed E-state index contributed by atoms with van der Waals surface area (Å²) < 4.78 is 12.9. The fourth-order valence-electron chi connectivity index (χ4n) is 1.83. The molecule has 0 aromatic heterocycles. The molecule has 0 fully saturated rings. The molecule has 0 saturated heterocycles. The largest absolute Gasteiger partial charge is 0.384 e. The van der Waals surface area contributed by atoms with Crippen LogP contribution in [0.5, 0.6) is 0 Å². The van der Waals surface area contributed by atoms with Gasteiger partial charge >= 0.3 is 0 Å². The summed E-state index contributed by atoms with van der Waals surface area (Å²) in [4.78, 5) is 0. The lowest BCUT2D eigenvalue weighted by molar-refractivity contribution is 0.473. The summed E-state index contributed by atoms with van der Waals surface area (Å²) in [6.07, 6.45) is 4.88. The van der Waals surface area contributed by atoms with E-state index < -0.39 is 0 Å². The molecule has 0 spiro atoms. The van der Waals surface area contributed by atoms with E-state index in [0.29, 0.717) is 10.9 Å². The van der Waals surface area contributed by atoms with Crippen LogP contribution in [-0.4, -0.2) is 6.54 Å². The van der Waals surface area contributed by atoms with Crippen LogP contribution >= 0.6 is 11.6 Å². The minimum Gasteiger partial charge on any atom is -0.384 e. The lowest BCUT2D eigenvalue weighted by Gasteiger charge is -2.16. The molecule has 0 amide bonds. The summed E-state index contributed by atoms with van der Waals surface area (Å²) in [7, 11) is 0. The number of halogens is 2. The van der Waals surface area contributed by atoms with E-state index in [9.17, 15) is 4.39 Å². The summed E-state index contributed by atoms with van der Waals surface area (Å²) >= 11 is 5.96. The average molecular weight is 258 g/mol. The smallest absolute Gasteiger partial charge is 0.124 e. The van der Waals surface area contributed by atoms with Crippen LogP contribution in [0.1, 0.15) is 39.5 Å². The normalized spacial score (nSPS) is 12.5. The molecule has 96 valence electrons. The first-order valence-corrected chi connectivity index (χ1v) is 6.74. The Kier molecular flexibility index (Phi) is 6.35. The second-order valence-electron chi connectivity index (χ2n) is 4.42. The first kappa shape index (κ1) is 14.3. The Labute approximate surface area is 108 Å². The standard InChI is InChI=1S/C14H21ClFN/c1-3-5-6-11(4-2)10-17-14-8-7-12(16)9-13(14)15/h7-9,11,17H,3-6,10H2,1-2H3. The van der Waals surface area contributed by atoms with Gasteiger partial charge in [-0.05, 0) is 30.5 Å². The highest BCUT2D eigenvalue weighted by molar-refractivity contribution is 6.33. The lowest BCUT2D eigenvalue weighted by Crippen LogP contribution is -2.13. The van der Waals surface area contributed by atoms with Crippen LogP contribution in [0.2, 0.25) is 5.02 Å². The van der Waals surface area contributed by atoms with Crippen LogP contribution in [0, 0.1) is 11.7 Å². The number of nitrogens with one attached hydrogen (secondary N) is 1. The Balaban J connectivity index is 2.47. The predicted octanol–water partition coefficient (Wildman–Crippen LogP) is 5.11. The van der Waals surface area contributed by atoms with Crippen LogP contribution in [0.25, 0.3) is 0 Å². The zero-order valence-corrected chi connectivity index (χ0v) is 11.4. The molecule has 0 radical (unpaired) electrons. The van der Waals surface area contributed by atoms with Gasteiger partial charge in [-0.2, -0.15) is 0 Å². The third-order valence-electron chi connectivity index (χ3n) is 3.06. The first-order valence-electron chi connectivity index (χ1n) is 6.36. The van der Waals surface area contributed by atoms with Gasteiger partial charge in [0.1, 0.15) is 5.82 Å². The monoisotopic (exact) mass is 257 g/mol. The van der Waals surface area contributed by atoms with Crippen molar-refractivity contribution >= 4 is 17.3 Å². The molecule has 1 aromatic carbocycles. The Hall–Kier alpha value is -0.760.